The van der Waals surface area contributed by atoms with Gasteiger partial charge >= 0.3 is 11.8 Å². The lowest BCUT2D eigenvalue weighted by Gasteiger charge is -2.07. The summed E-state index contributed by atoms with van der Waals surface area (Å²) in [6, 6.07) is 10.5. The number of rotatable bonds is 4. The average Bonchev–Trinajstić information content (AvgIpc) is 2.54. The highest BCUT2D eigenvalue weighted by Crippen LogP contribution is 2.09. The number of carbonyl (C=O) groups excluding carboxylic acids is 2. The maximum Gasteiger partial charge on any atom is 0.313 e. The van der Waals surface area contributed by atoms with Crippen molar-refractivity contribution in [1.82, 2.24) is 5.32 Å². The number of hydrogen-bond donors (Lipinski definition) is 3. The van der Waals surface area contributed by atoms with Crippen LogP contribution in [0.5, 0.6) is 0 Å². The SMILES string of the molecule is NS(=O)(=O)c1ccc(CNC(=O)C(=O)Nc2ccc(F)cc2)cc1. The van der Waals surface area contributed by atoms with Crippen LogP contribution in [-0.4, -0.2) is 20.2 Å². The number of nitrogens with one attached hydrogen (secondary N) is 2. The van der Waals surface area contributed by atoms with Gasteiger partial charge < -0.3 is 10.6 Å². The molecule has 0 bridgehead atoms. The van der Waals surface area contributed by atoms with Crippen LogP contribution >= 0.6 is 0 Å². The van der Waals surface area contributed by atoms with E-state index in [1.807, 2.05) is 0 Å². The summed E-state index contributed by atoms with van der Waals surface area (Å²) in [6.07, 6.45) is 0. The van der Waals surface area contributed by atoms with Gasteiger partial charge in [-0.15, -0.1) is 0 Å². The molecule has 126 valence electrons. The van der Waals surface area contributed by atoms with Gasteiger partial charge in [0.15, 0.2) is 0 Å². The zero-order chi connectivity index (χ0) is 17.7. The van der Waals surface area contributed by atoms with E-state index in [9.17, 15) is 22.4 Å². The topological polar surface area (TPSA) is 118 Å². The summed E-state index contributed by atoms with van der Waals surface area (Å²) in [4.78, 5) is 23.3. The minimum absolute atomic E-state index is 0.0283. The summed E-state index contributed by atoms with van der Waals surface area (Å²) in [5.41, 5.74) is 0.874. The van der Waals surface area contributed by atoms with Gasteiger partial charge in [0.05, 0.1) is 4.90 Å². The van der Waals surface area contributed by atoms with Crippen LogP contribution in [-0.2, 0) is 26.2 Å². The van der Waals surface area contributed by atoms with E-state index in [1.165, 1.54) is 36.4 Å². The number of nitrogens with two attached hydrogens (primary N) is 1. The van der Waals surface area contributed by atoms with E-state index in [2.05, 4.69) is 10.6 Å². The van der Waals surface area contributed by atoms with Crippen molar-refractivity contribution >= 4 is 27.5 Å². The molecule has 4 N–H and O–H groups in total. The number of amides is 2. The smallest absolute Gasteiger partial charge is 0.313 e. The number of carbonyl (C=O) groups is 2. The Kier molecular flexibility index (Phi) is 5.27. The molecule has 7 nitrogen and oxygen atoms in total. The highest BCUT2D eigenvalue weighted by Gasteiger charge is 2.13. The Hall–Kier alpha value is -2.78. The monoisotopic (exact) mass is 351 g/mol. The minimum atomic E-state index is -3.78. The van der Waals surface area contributed by atoms with Gasteiger partial charge in [0.25, 0.3) is 0 Å². The van der Waals surface area contributed by atoms with Gasteiger partial charge in [-0.2, -0.15) is 0 Å². The van der Waals surface area contributed by atoms with Gasteiger partial charge in [0.2, 0.25) is 10.0 Å². The molecule has 0 atom stereocenters. The Morgan fingerprint density at radius 2 is 1.54 bits per heavy atom. The van der Waals surface area contributed by atoms with Crippen LogP contribution in [0.2, 0.25) is 0 Å². The molecule has 0 spiro atoms. The van der Waals surface area contributed by atoms with Gasteiger partial charge in [0.1, 0.15) is 5.82 Å². The zero-order valence-electron chi connectivity index (χ0n) is 12.3. The Morgan fingerprint density at radius 1 is 0.958 bits per heavy atom. The standard InChI is InChI=1S/C15H14FN3O4S/c16-11-3-5-12(6-4-11)19-15(21)14(20)18-9-10-1-7-13(8-2-10)24(17,22)23/h1-8H,9H2,(H,18,20)(H,19,21)(H2,17,22,23). The summed E-state index contributed by atoms with van der Waals surface area (Å²) in [7, 11) is -3.78. The van der Waals surface area contributed by atoms with E-state index in [4.69, 9.17) is 5.14 Å². The molecule has 2 aromatic carbocycles. The molecule has 0 saturated heterocycles. The third kappa shape index (κ3) is 4.86. The fourth-order valence-electron chi connectivity index (χ4n) is 1.78. The van der Waals surface area contributed by atoms with Gasteiger partial charge in [-0.1, -0.05) is 12.1 Å². The van der Waals surface area contributed by atoms with Crippen LogP contribution in [0.15, 0.2) is 53.4 Å². The fourth-order valence-corrected chi connectivity index (χ4v) is 2.30. The van der Waals surface area contributed by atoms with Crippen molar-refractivity contribution in [3.8, 4) is 0 Å². The Morgan fingerprint density at radius 3 is 2.08 bits per heavy atom. The molecule has 0 aliphatic rings. The normalized spacial score (nSPS) is 10.9. The predicted octanol–water partition coefficient (Wildman–Crippen LogP) is 0.728. The van der Waals surface area contributed by atoms with Gasteiger partial charge in [-0.05, 0) is 42.0 Å². The molecule has 24 heavy (non-hydrogen) atoms. The molecule has 2 aromatic rings. The van der Waals surface area contributed by atoms with E-state index < -0.39 is 27.7 Å². The van der Waals surface area contributed by atoms with Crippen LogP contribution in [0, 0.1) is 5.82 Å². The van der Waals surface area contributed by atoms with E-state index >= 15 is 0 Å². The molecule has 0 unspecified atom stereocenters. The second kappa shape index (κ2) is 7.20. The summed E-state index contributed by atoms with van der Waals surface area (Å²) in [5, 5.41) is 9.68. The third-order valence-electron chi connectivity index (χ3n) is 3.01. The van der Waals surface area contributed by atoms with Crippen LogP contribution in [0.1, 0.15) is 5.56 Å². The molecule has 2 rings (SSSR count). The summed E-state index contributed by atoms with van der Waals surface area (Å²) in [6.45, 7) is 0.0283. The molecule has 9 heteroatoms. The highest BCUT2D eigenvalue weighted by molar-refractivity contribution is 7.89. The molecule has 0 aliphatic heterocycles. The van der Waals surface area contributed by atoms with Crippen molar-refractivity contribution in [2.24, 2.45) is 5.14 Å². The van der Waals surface area contributed by atoms with Crippen molar-refractivity contribution in [2.45, 2.75) is 11.4 Å². The van der Waals surface area contributed by atoms with Crippen LogP contribution in [0.4, 0.5) is 10.1 Å². The lowest BCUT2D eigenvalue weighted by Crippen LogP contribution is -2.34. The van der Waals surface area contributed by atoms with E-state index in [0.717, 1.165) is 12.1 Å². The Labute approximate surface area is 137 Å². The average molecular weight is 351 g/mol. The van der Waals surface area contributed by atoms with E-state index in [-0.39, 0.29) is 17.1 Å². The summed E-state index contributed by atoms with van der Waals surface area (Å²) in [5.74, 6) is -2.24. The zero-order valence-corrected chi connectivity index (χ0v) is 13.1. The van der Waals surface area contributed by atoms with Gasteiger partial charge in [0, 0.05) is 12.2 Å². The first-order chi connectivity index (χ1) is 11.3. The van der Waals surface area contributed by atoms with Crippen LogP contribution in [0.25, 0.3) is 0 Å². The van der Waals surface area contributed by atoms with Gasteiger partial charge in [-0.25, -0.2) is 17.9 Å². The fraction of sp³-hybridized carbons (Fsp3) is 0.0667. The molecule has 0 heterocycles. The second-order valence-electron chi connectivity index (χ2n) is 4.83. The summed E-state index contributed by atoms with van der Waals surface area (Å²) < 4.78 is 35.0. The second-order valence-corrected chi connectivity index (χ2v) is 6.39. The maximum absolute atomic E-state index is 12.8. The van der Waals surface area contributed by atoms with Crippen LogP contribution < -0.4 is 15.8 Å². The van der Waals surface area contributed by atoms with Crippen molar-refractivity contribution in [3.05, 3.63) is 59.9 Å². The molecule has 0 aromatic heterocycles. The lowest BCUT2D eigenvalue weighted by molar-refractivity contribution is -0.136. The largest absolute Gasteiger partial charge is 0.344 e. The summed E-state index contributed by atoms with van der Waals surface area (Å²) >= 11 is 0. The Balaban J connectivity index is 1.90. The molecular formula is C15H14FN3O4S. The van der Waals surface area contributed by atoms with Crippen molar-refractivity contribution in [3.63, 3.8) is 0 Å². The molecule has 0 fully saturated rings. The molecule has 0 aliphatic carbocycles. The van der Waals surface area contributed by atoms with Crippen molar-refractivity contribution in [1.29, 1.82) is 0 Å². The first-order valence-corrected chi connectivity index (χ1v) is 8.27. The number of sulfonamides is 1. The maximum atomic E-state index is 12.8. The number of halogens is 1. The Bertz CT molecular complexity index is 849. The lowest BCUT2D eigenvalue weighted by atomic mass is 10.2. The number of hydrogen-bond acceptors (Lipinski definition) is 4. The van der Waals surface area contributed by atoms with Crippen molar-refractivity contribution in [2.75, 3.05) is 5.32 Å². The predicted molar refractivity (Wildman–Crippen MR) is 84.7 cm³/mol. The highest BCUT2D eigenvalue weighted by atomic mass is 32.2. The molecular weight excluding hydrogens is 337 g/mol. The number of anilines is 1. The number of benzene rings is 2. The molecule has 2 amide bonds. The third-order valence-corrected chi connectivity index (χ3v) is 3.94. The van der Waals surface area contributed by atoms with Gasteiger partial charge in [-0.3, -0.25) is 9.59 Å². The quantitative estimate of drug-likeness (QED) is 0.704. The van der Waals surface area contributed by atoms with E-state index in [1.54, 1.807) is 0 Å². The molecule has 0 saturated carbocycles. The minimum Gasteiger partial charge on any atom is -0.344 e. The number of primary sulfonamides is 1. The van der Waals surface area contributed by atoms with Crippen LogP contribution in [0.3, 0.4) is 0 Å². The first-order valence-electron chi connectivity index (χ1n) is 6.72. The van der Waals surface area contributed by atoms with E-state index in [0.29, 0.717) is 5.56 Å². The first kappa shape index (κ1) is 17.6. The molecule has 0 radical (unpaired) electrons. The van der Waals surface area contributed by atoms with Crippen molar-refractivity contribution < 1.29 is 22.4 Å².